The van der Waals surface area contributed by atoms with E-state index in [2.05, 4.69) is 37.3 Å². The van der Waals surface area contributed by atoms with Gasteiger partial charge < -0.3 is 0 Å². The molecule has 106 valence electrons. The van der Waals surface area contributed by atoms with Crippen molar-refractivity contribution in [3.8, 4) is 0 Å². The van der Waals surface area contributed by atoms with Crippen molar-refractivity contribution < 1.29 is 4.79 Å². The highest BCUT2D eigenvalue weighted by atomic mass is 32.1. The first-order valence-electron chi connectivity index (χ1n) is 7.30. The third-order valence-corrected chi connectivity index (χ3v) is 4.89. The van der Waals surface area contributed by atoms with Crippen LogP contribution in [0.15, 0.2) is 0 Å². The molecule has 0 N–H and O–H groups in total. The van der Waals surface area contributed by atoms with Gasteiger partial charge in [-0.2, -0.15) is 0 Å². The Hall–Kier alpha value is -0.770. The number of aromatic nitrogens is 2. The quantitative estimate of drug-likeness (QED) is 0.778. The van der Waals surface area contributed by atoms with E-state index in [9.17, 15) is 4.79 Å². The number of hydrogen-bond acceptors (Lipinski definition) is 4. The summed E-state index contributed by atoms with van der Waals surface area (Å²) in [6.07, 6.45) is 5.75. The molecule has 0 amide bonds. The lowest BCUT2D eigenvalue weighted by Gasteiger charge is -2.27. The Morgan fingerprint density at radius 1 is 1.37 bits per heavy atom. The molecule has 3 nitrogen and oxygen atoms in total. The summed E-state index contributed by atoms with van der Waals surface area (Å²) in [6, 6.07) is 0. The molecule has 1 aliphatic carbocycles. The smallest absolute Gasteiger partial charge is 0.179 e. The largest absolute Gasteiger partial charge is 0.293 e. The minimum atomic E-state index is -0.100. The van der Waals surface area contributed by atoms with Crippen LogP contribution in [0.2, 0.25) is 0 Å². The number of nitrogens with zero attached hydrogens (tertiary/aromatic N) is 2. The third kappa shape index (κ3) is 3.22. The first-order chi connectivity index (χ1) is 8.93. The summed E-state index contributed by atoms with van der Waals surface area (Å²) in [5.41, 5.74) is 0.776. The average molecular weight is 280 g/mol. The fourth-order valence-corrected chi connectivity index (χ4v) is 3.82. The summed E-state index contributed by atoms with van der Waals surface area (Å²) in [6.45, 7) is 8.51. The van der Waals surface area contributed by atoms with E-state index in [-0.39, 0.29) is 17.1 Å². The monoisotopic (exact) mass is 280 g/mol. The minimum Gasteiger partial charge on any atom is -0.293 e. The van der Waals surface area contributed by atoms with Crippen LogP contribution in [-0.4, -0.2) is 15.4 Å². The molecule has 19 heavy (non-hydrogen) atoms. The van der Waals surface area contributed by atoms with E-state index in [1.54, 1.807) is 0 Å². The lowest BCUT2D eigenvalue weighted by molar-refractivity contribution is 0.0864. The van der Waals surface area contributed by atoms with E-state index in [1.807, 2.05) is 0 Å². The molecule has 1 aromatic rings. The Kier molecular flexibility index (Phi) is 4.39. The molecule has 1 saturated carbocycles. The maximum atomic E-state index is 12.7. The number of hydrogen-bond donors (Lipinski definition) is 0. The van der Waals surface area contributed by atoms with Gasteiger partial charge in [0.2, 0.25) is 0 Å². The van der Waals surface area contributed by atoms with Gasteiger partial charge in [-0.3, -0.25) is 4.79 Å². The van der Waals surface area contributed by atoms with Crippen LogP contribution in [-0.2, 0) is 5.41 Å². The minimum absolute atomic E-state index is 0.100. The molecule has 2 atom stereocenters. The van der Waals surface area contributed by atoms with Crippen molar-refractivity contribution in [1.82, 2.24) is 9.59 Å². The summed E-state index contributed by atoms with van der Waals surface area (Å²) >= 11 is 1.28. The first kappa shape index (κ1) is 14.6. The lowest BCUT2D eigenvalue weighted by atomic mass is 9.77. The second-order valence-corrected chi connectivity index (χ2v) is 7.46. The predicted octanol–water partition coefficient (Wildman–Crippen LogP) is 4.23. The SMILES string of the molecule is CCC1CCCC(C(=O)c2snnc2C(C)(C)C)C1. The van der Waals surface area contributed by atoms with Crippen molar-refractivity contribution >= 4 is 17.3 Å². The Balaban J connectivity index is 2.18. The van der Waals surface area contributed by atoms with Gasteiger partial charge in [0.1, 0.15) is 4.88 Å². The molecule has 0 saturated heterocycles. The maximum Gasteiger partial charge on any atom is 0.179 e. The Bertz CT molecular complexity index is 447. The van der Waals surface area contributed by atoms with E-state index < -0.39 is 0 Å². The van der Waals surface area contributed by atoms with Crippen molar-refractivity contribution in [3.05, 3.63) is 10.6 Å². The molecule has 0 aliphatic heterocycles. The van der Waals surface area contributed by atoms with Crippen LogP contribution in [0.25, 0.3) is 0 Å². The molecule has 0 radical (unpaired) electrons. The Morgan fingerprint density at radius 2 is 2.11 bits per heavy atom. The van der Waals surface area contributed by atoms with E-state index >= 15 is 0 Å². The van der Waals surface area contributed by atoms with Crippen LogP contribution >= 0.6 is 11.5 Å². The Labute approximate surface area is 120 Å². The molecule has 2 unspecified atom stereocenters. The molecule has 1 fully saturated rings. The van der Waals surface area contributed by atoms with Crippen LogP contribution < -0.4 is 0 Å². The van der Waals surface area contributed by atoms with Crippen LogP contribution in [0, 0.1) is 11.8 Å². The third-order valence-electron chi connectivity index (χ3n) is 4.15. The predicted molar refractivity (Wildman–Crippen MR) is 78.7 cm³/mol. The van der Waals surface area contributed by atoms with Crippen molar-refractivity contribution in [2.24, 2.45) is 11.8 Å². The van der Waals surface area contributed by atoms with Crippen molar-refractivity contribution in [2.75, 3.05) is 0 Å². The van der Waals surface area contributed by atoms with Crippen LogP contribution in [0.3, 0.4) is 0 Å². The Morgan fingerprint density at radius 3 is 2.74 bits per heavy atom. The molecule has 1 heterocycles. The molecular formula is C15H24N2OS. The average Bonchev–Trinajstić information content (AvgIpc) is 2.87. The lowest BCUT2D eigenvalue weighted by Crippen LogP contribution is -2.25. The number of rotatable bonds is 3. The van der Waals surface area contributed by atoms with E-state index in [1.165, 1.54) is 30.8 Å². The number of carbonyl (C=O) groups excluding carboxylic acids is 1. The van der Waals surface area contributed by atoms with Gasteiger partial charge in [0.25, 0.3) is 0 Å². The normalized spacial score (nSPS) is 24.4. The summed E-state index contributed by atoms with van der Waals surface area (Å²) in [7, 11) is 0. The van der Waals surface area contributed by atoms with Gasteiger partial charge in [0.15, 0.2) is 5.78 Å². The molecule has 1 aliphatic rings. The molecule has 0 bridgehead atoms. The molecule has 0 aromatic carbocycles. The maximum absolute atomic E-state index is 12.7. The zero-order valence-electron chi connectivity index (χ0n) is 12.4. The van der Waals surface area contributed by atoms with E-state index in [0.29, 0.717) is 0 Å². The van der Waals surface area contributed by atoms with E-state index in [0.717, 1.165) is 29.3 Å². The van der Waals surface area contributed by atoms with Crippen LogP contribution in [0.4, 0.5) is 0 Å². The number of ketones is 1. The fraction of sp³-hybridized carbons (Fsp3) is 0.800. The molecule has 0 spiro atoms. The molecule has 1 aromatic heterocycles. The summed E-state index contributed by atoms with van der Waals surface area (Å²) in [4.78, 5) is 13.5. The number of Topliss-reactive ketones (excluding diaryl/α,β-unsaturated/α-hetero) is 1. The standard InChI is InChI=1S/C15H24N2OS/c1-5-10-7-6-8-11(9-10)12(18)13-14(15(2,3)4)16-17-19-13/h10-11H,5-9H2,1-4H3. The highest BCUT2D eigenvalue weighted by molar-refractivity contribution is 7.08. The topological polar surface area (TPSA) is 42.9 Å². The van der Waals surface area contributed by atoms with Gasteiger partial charge in [-0.1, -0.05) is 51.4 Å². The van der Waals surface area contributed by atoms with Gasteiger partial charge in [0, 0.05) is 11.3 Å². The summed E-state index contributed by atoms with van der Waals surface area (Å²) in [5.74, 6) is 1.21. The van der Waals surface area contributed by atoms with Crippen molar-refractivity contribution in [3.63, 3.8) is 0 Å². The second kappa shape index (κ2) is 5.70. The van der Waals surface area contributed by atoms with Crippen molar-refractivity contribution in [1.29, 1.82) is 0 Å². The summed E-state index contributed by atoms with van der Waals surface area (Å²) in [5, 5.41) is 4.19. The first-order valence-corrected chi connectivity index (χ1v) is 8.07. The summed E-state index contributed by atoms with van der Waals surface area (Å²) < 4.78 is 4.01. The molecule has 4 heteroatoms. The van der Waals surface area contributed by atoms with Gasteiger partial charge in [-0.05, 0) is 30.3 Å². The van der Waals surface area contributed by atoms with Crippen LogP contribution in [0.5, 0.6) is 0 Å². The molecular weight excluding hydrogens is 256 g/mol. The van der Waals surface area contributed by atoms with Crippen LogP contribution in [0.1, 0.15) is 75.2 Å². The van der Waals surface area contributed by atoms with Gasteiger partial charge in [-0.25, -0.2) is 0 Å². The van der Waals surface area contributed by atoms with Gasteiger partial charge >= 0.3 is 0 Å². The van der Waals surface area contributed by atoms with Gasteiger partial charge in [0.05, 0.1) is 5.69 Å². The van der Waals surface area contributed by atoms with E-state index in [4.69, 9.17) is 0 Å². The highest BCUT2D eigenvalue weighted by Crippen LogP contribution is 2.35. The zero-order chi connectivity index (χ0) is 14.0. The second-order valence-electron chi connectivity index (χ2n) is 6.70. The molecule has 2 rings (SSSR count). The zero-order valence-corrected chi connectivity index (χ0v) is 13.2. The fourth-order valence-electron chi connectivity index (χ4n) is 2.93. The van der Waals surface area contributed by atoms with Crippen molar-refractivity contribution in [2.45, 2.75) is 65.2 Å². The van der Waals surface area contributed by atoms with Gasteiger partial charge in [-0.15, -0.1) is 5.10 Å². The highest BCUT2D eigenvalue weighted by Gasteiger charge is 2.32. The number of carbonyl (C=O) groups is 1.